The van der Waals surface area contributed by atoms with E-state index in [4.69, 9.17) is 0 Å². The summed E-state index contributed by atoms with van der Waals surface area (Å²) < 4.78 is 0. The molecule has 1 aromatic carbocycles. The van der Waals surface area contributed by atoms with E-state index < -0.39 is 0 Å². The lowest BCUT2D eigenvalue weighted by Crippen LogP contribution is -2.38. The molecule has 0 aliphatic carbocycles. The van der Waals surface area contributed by atoms with Gasteiger partial charge in [0.1, 0.15) is 0 Å². The summed E-state index contributed by atoms with van der Waals surface area (Å²) in [6.07, 6.45) is 5.15. The molecule has 1 saturated heterocycles. The number of hydrogen-bond acceptors (Lipinski definition) is 1. The lowest BCUT2D eigenvalue weighted by molar-refractivity contribution is 0.426. The Morgan fingerprint density at radius 1 is 1.13 bits per heavy atom. The van der Waals surface area contributed by atoms with E-state index in [1.54, 1.807) is 0 Å². The summed E-state index contributed by atoms with van der Waals surface area (Å²) in [6.45, 7) is 0. The van der Waals surface area contributed by atoms with E-state index in [0.717, 1.165) is 19.3 Å². The van der Waals surface area contributed by atoms with Crippen molar-refractivity contribution in [2.45, 2.75) is 44.3 Å². The van der Waals surface area contributed by atoms with Gasteiger partial charge in [-0.05, 0) is 24.8 Å². The first kappa shape index (κ1) is 10.7. The SMILES string of the molecule is [N]C1CCCCC(Cc2ccccc2)N1. The van der Waals surface area contributed by atoms with Gasteiger partial charge in [0.05, 0.1) is 6.17 Å². The van der Waals surface area contributed by atoms with E-state index in [1.165, 1.54) is 18.4 Å². The molecule has 2 atom stereocenters. The molecule has 1 aliphatic heterocycles. The second kappa shape index (κ2) is 5.29. The van der Waals surface area contributed by atoms with Gasteiger partial charge >= 0.3 is 0 Å². The monoisotopic (exact) mass is 202 g/mol. The van der Waals surface area contributed by atoms with Gasteiger partial charge in [0, 0.05) is 6.04 Å². The fourth-order valence-electron chi connectivity index (χ4n) is 2.23. The Morgan fingerprint density at radius 2 is 1.87 bits per heavy atom. The zero-order valence-corrected chi connectivity index (χ0v) is 9.02. The third-order valence-corrected chi connectivity index (χ3v) is 3.03. The number of hydrogen-bond donors (Lipinski definition) is 1. The van der Waals surface area contributed by atoms with Crippen LogP contribution < -0.4 is 11.1 Å². The predicted octanol–water partition coefficient (Wildman–Crippen LogP) is 2.16. The highest BCUT2D eigenvalue weighted by atomic mass is 15.0. The largest absolute Gasteiger partial charge is 0.296 e. The first-order valence-corrected chi connectivity index (χ1v) is 5.82. The average molecular weight is 202 g/mol. The topological polar surface area (TPSA) is 34.3 Å². The van der Waals surface area contributed by atoms with Crippen LogP contribution in [0.25, 0.3) is 0 Å². The molecule has 2 radical (unpaired) electrons. The maximum atomic E-state index is 9.63. The van der Waals surface area contributed by atoms with Gasteiger partial charge in [0.2, 0.25) is 0 Å². The molecule has 0 bridgehead atoms. The highest BCUT2D eigenvalue weighted by molar-refractivity contribution is 5.15. The van der Waals surface area contributed by atoms with Gasteiger partial charge in [-0.1, -0.05) is 43.2 Å². The van der Waals surface area contributed by atoms with Crippen molar-refractivity contribution in [3.63, 3.8) is 0 Å². The molecule has 1 N–H and O–H groups in total. The third kappa shape index (κ3) is 3.33. The fraction of sp³-hybridized carbons (Fsp3) is 0.538. The molecule has 2 unspecified atom stereocenters. The number of benzene rings is 1. The van der Waals surface area contributed by atoms with Gasteiger partial charge in [-0.2, -0.15) is 0 Å². The molecular weight excluding hydrogens is 184 g/mol. The Morgan fingerprint density at radius 3 is 2.67 bits per heavy atom. The molecule has 1 aromatic rings. The maximum Gasteiger partial charge on any atom is 0.0928 e. The number of rotatable bonds is 2. The van der Waals surface area contributed by atoms with Crippen LogP contribution in [0.2, 0.25) is 0 Å². The van der Waals surface area contributed by atoms with Crippen LogP contribution in [0.1, 0.15) is 31.2 Å². The fourth-order valence-corrected chi connectivity index (χ4v) is 2.23. The van der Waals surface area contributed by atoms with Crippen LogP contribution >= 0.6 is 0 Å². The first-order valence-electron chi connectivity index (χ1n) is 5.82. The van der Waals surface area contributed by atoms with Crippen molar-refractivity contribution in [3.05, 3.63) is 35.9 Å². The van der Waals surface area contributed by atoms with Crippen LogP contribution in [-0.2, 0) is 6.42 Å². The molecule has 0 amide bonds. The zero-order chi connectivity index (χ0) is 10.5. The lowest BCUT2D eigenvalue weighted by Gasteiger charge is -2.18. The van der Waals surface area contributed by atoms with E-state index in [2.05, 4.69) is 29.6 Å². The molecular formula is C13H18N2. The Bertz CT molecular complexity index is 284. The van der Waals surface area contributed by atoms with E-state index >= 15 is 0 Å². The van der Waals surface area contributed by atoms with Gasteiger partial charge in [0.25, 0.3) is 0 Å². The molecule has 1 aliphatic rings. The normalized spacial score (nSPS) is 27.3. The highest BCUT2D eigenvalue weighted by Crippen LogP contribution is 2.14. The van der Waals surface area contributed by atoms with Crippen LogP contribution in [0.4, 0.5) is 0 Å². The molecule has 2 nitrogen and oxygen atoms in total. The van der Waals surface area contributed by atoms with Crippen LogP contribution in [-0.4, -0.2) is 12.2 Å². The molecule has 1 fully saturated rings. The van der Waals surface area contributed by atoms with E-state index in [1.807, 2.05) is 6.07 Å². The summed E-state index contributed by atoms with van der Waals surface area (Å²) >= 11 is 0. The first-order chi connectivity index (χ1) is 7.34. The number of nitrogens with zero attached hydrogens (tertiary/aromatic N) is 1. The Kier molecular flexibility index (Phi) is 3.75. The van der Waals surface area contributed by atoms with Crippen molar-refractivity contribution in [2.24, 2.45) is 0 Å². The summed E-state index contributed by atoms with van der Waals surface area (Å²) in [7, 11) is 0. The number of nitrogens with one attached hydrogen (secondary N) is 1. The van der Waals surface area contributed by atoms with Gasteiger partial charge in [0.15, 0.2) is 0 Å². The Hall–Kier alpha value is -0.860. The Labute approximate surface area is 91.9 Å². The second-order valence-corrected chi connectivity index (χ2v) is 4.35. The molecule has 80 valence electrons. The highest BCUT2D eigenvalue weighted by Gasteiger charge is 2.17. The van der Waals surface area contributed by atoms with Crippen LogP contribution in [0.5, 0.6) is 0 Å². The van der Waals surface area contributed by atoms with Gasteiger partial charge in [-0.25, -0.2) is 0 Å². The second-order valence-electron chi connectivity index (χ2n) is 4.35. The van der Waals surface area contributed by atoms with Crippen LogP contribution in [0.3, 0.4) is 0 Å². The zero-order valence-electron chi connectivity index (χ0n) is 9.02. The summed E-state index contributed by atoms with van der Waals surface area (Å²) in [5, 5.41) is 3.28. The van der Waals surface area contributed by atoms with Crippen molar-refractivity contribution in [3.8, 4) is 0 Å². The van der Waals surface area contributed by atoms with Crippen molar-refractivity contribution in [2.75, 3.05) is 0 Å². The standard InChI is InChI=1S/C13H18N2/c14-13-9-5-4-8-12(15-13)10-11-6-2-1-3-7-11/h1-3,6-7,12-13,15H,4-5,8-10H2. The van der Waals surface area contributed by atoms with Crippen molar-refractivity contribution in [1.29, 1.82) is 0 Å². The van der Waals surface area contributed by atoms with Crippen LogP contribution in [0, 0.1) is 0 Å². The predicted molar refractivity (Wildman–Crippen MR) is 61.5 cm³/mol. The van der Waals surface area contributed by atoms with Gasteiger partial charge in [-0.15, -0.1) is 5.73 Å². The van der Waals surface area contributed by atoms with Gasteiger partial charge in [-0.3, -0.25) is 5.32 Å². The smallest absolute Gasteiger partial charge is 0.0928 e. The molecule has 15 heavy (non-hydrogen) atoms. The minimum absolute atomic E-state index is 0.304. The molecule has 2 heteroatoms. The minimum Gasteiger partial charge on any atom is -0.296 e. The van der Waals surface area contributed by atoms with Crippen molar-refractivity contribution >= 4 is 0 Å². The summed E-state index contributed by atoms with van der Waals surface area (Å²) in [4.78, 5) is 0. The molecule has 0 aromatic heterocycles. The third-order valence-electron chi connectivity index (χ3n) is 3.03. The van der Waals surface area contributed by atoms with Crippen LogP contribution in [0.15, 0.2) is 30.3 Å². The molecule has 0 saturated carbocycles. The van der Waals surface area contributed by atoms with E-state index in [-0.39, 0.29) is 6.17 Å². The van der Waals surface area contributed by atoms with E-state index in [0.29, 0.717) is 6.04 Å². The van der Waals surface area contributed by atoms with Gasteiger partial charge < -0.3 is 0 Å². The van der Waals surface area contributed by atoms with Crippen molar-refractivity contribution in [1.82, 2.24) is 11.1 Å². The Balaban J connectivity index is 1.93. The maximum absolute atomic E-state index is 9.63. The minimum atomic E-state index is -0.304. The molecule has 1 heterocycles. The molecule has 0 spiro atoms. The summed E-state index contributed by atoms with van der Waals surface area (Å²) in [6, 6.07) is 10.9. The summed E-state index contributed by atoms with van der Waals surface area (Å²) in [5.41, 5.74) is 11.0. The van der Waals surface area contributed by atoms with Crippen molar-refractivity contribution < 1.29 is 0 Å². The lowest BCUT2D eigenvalue weighted by atomic mass is 10.0. The average Bonchev–Trinajstić information content (AvgIpc) is 2.44. The quantitative estimate of drug-likeness (QED) is 0.783. The molecule has 2 rings (SSSR count). The van der Waals surface area contributed by atoms with E-state index in [9.17, 15) is 5.73 Å². The summed E-state index contributed by atoms with van der Waals surface area (Å²) in [5.74, 6) is 0.